The van der Waals surface area contributed by atoms with Crippen molar-refractivity contribution in [1.29, 1.82) is 0 Å². The average Bonchev–Trinajstić information content (AvgIpc) is 2.97. The van der Waals surface area contributed by atoms with Crippen molar-refractivity contribution in [3.8, 4) is 10.6 Å². The molecule has 0 saturated heterocycles. The van der Waals surface area contributed by atoms with Gasteiger partial charge >= 0.3 is 0 Å². The van der Waals surface area contributed by atoms with Gasteiger partial charge in [0.05, 0.1) is 12.2 Å². The van der Waals surface area contributed by atoms with E-state index in [1.807, 2.05) is 57.2 Å². The quantitative estimate of drug-likeness (QED) is 0.752. The predicted octanol–water partition coefficient (Wildman–Crippen LogP) is 4.67. The normalized spacial score (nSPS) is 10.6. The molecule has 0 aliphatic carbocycles. The fourth-order valence-electron chi connectivity index (χ4n) is 2.44. The number of nitrogens with one attached hydrogen (secondary N) is 1. The molecule has 0 aliphatic rings. The van der Waals surface area contributed by atoms with Gasteiger partial charge in [0.15, 0.2) is 0 Å². The third-order valence-corrected chi connectivity index (χ3v) is 5.30. The van der Waals surface area contributed by atoms with Crippen LogP contribution in [0.15, 0.2) is 48.5 Å². The van der Waals surface area contributed by atoms with Gasteiger partial charge in [-0.15, -0.1) is 11.3 Å². The van der Waals surface area contributed by atoms with Gasteiger partial charge in [-0.1, -0.05) is 36.4 Å². The Morgan fingerprint density at radius 2 is 1.79 bits per heavy atom. The number of nitrogens with zero attached hydrogens (tertiary/aromatic N) is 1. The molecule has 0 unspecified atom stereocenters. The van der Waals surface area contributed by atoms with Gasteiger partial charge in [0.1, 0.15) is 5.01 Å². The van der Waals surface area contributed by atoms with Gasteiger partial charge in [0, 0.05) is 16.0 Å². The number of hydrogen-bond acceptors (Lipinski definition) is 3. The van der Waals surface area contributed by atoms with Gasteiger partial charge in [-0.3, -0.25) is 4.79 Å². The van der Waals surface area contributed by atoms with Crippen LogP contribution in [0.2, 0.25) is 0 Å². The Kier molecular flexibility index (Phi) is 4.76. The number of thiazole rings is 1. The summed E-state index contributed by atoms with van der Waals surface area (Å²) in [6, 6.07) is 15.9. The highest BCUT2D eigenvalue weighted by molar-refractivity contribution is 7.15. The molecule has 0 fully saturated rings. The van der Waals surface area contributed by atoms with Gasteiger partial charge in [0.2, 0.25) is 0 Å². The monoisotopic (exact) mass is 336 g/mol. The topological polar surface area (TPSA) is 42.0 Å². The SMILES string of the molecule is Cc1ccc(C(=O)NCc2sc(-c3ccccc3)nc2C)cc1C. The van der Waals surface area contributed by atoms with Crippen molar-refractivity contribution in [2.45, 2.75) is 27.3 Å². The minimum Gasteiger partial charge on any atom is -0.347 e. The number of amides is 1. The van der Waals surface area contributed by atoms with E-state index in [2.05, 4.69) is 22.4 Å². The second kappa shape index (κ2) is 6.97. The van der Waals surface area contributed by atoms with E-state index in [0.717, 1.165) is 26.7 Å². The Labute approximate surface area is 146 Å². The third kappa shape index (κ3) is 3.54. The first-order chi connectivity index (χ1) is 11.5. The molecule has 3 rings (SSSR count). The largest absolute Gasteiger partial charge is 0.347 e. The van der Waals surface area contributed by atoms with Gasteiger partial charge in [0.25, 0.3) is 5.91 Å². The lowest BCUT2D eigenvalue weighted by Gasteiger charge is -2.06. The molecule has 3 nitrogen and oxygen atoms in total. The molecule has 0 aliphatic heterocycles. The zero-order valence-corrected chi connectivity index (χ0v) is 14.9. The highest BCUT2D eigenvalue weighted by atomic mass is 32.1. The lowest BCUT2D eigenvalue weighted by molar-refractivity contribution is 0.0951. The van der Waals surface area contributed by atoms with Crippen LogP contribution in [-0.4, -0.2) is 10.9 Å². The van der Waals surface area contributed by atoms with Crippen molar-refractivity contribution >= 4 is 17.2 Å². The summed E-state index contributed by atoms with van der Waals surface area (Å²) in [6.45, 7) is 6.55. The van der Waals surface area contributed by atoms with Crippen molar-refractivity contribution in [3.63, 3.8) is 0 Å². The molecule has 1 aromatic heterocycles. The van der Waals surface area contributed by atoms with Crippen LogP contribution in [0.25, 0.3) is 10.6 Å². The van der Waals surface area contributed by atoms with Crippen LogP contribution in [0.5, 0.6) is 0 Å². The van der Waals surface area contributed by atoms with Crippen LogP contribution in [0.3, 0.4) is 0 Å². The second-order valence-corrected chi connectivity index (χ2v) is 6.96. The number of hydrogen-bond donors (Lipinski definition) is 1. The molecule has 0 radical (unpaired) electrons. The minimum absolute atomic E-state index is 0.0489. The molecule has 0 atom stereocenters. The molecule has 1 heterocycles. The van der Waals surface area contributed by atoms with E-state index in [1.165, 1.54) is 5.56 Å². The maximum absolute atomic E-state index is 12.3. The molecule has 3 aromatic rings. The molecule has 122 valence electrons. The van der Waals surface area contributed by atoms with Crippen molar-refractivity contribution in [1.82, 2.24) is 10.3 Å². The van der Waals surface area contributed by atoms with Crippen LogP contribution in [0.4, 0.5) is 0 Å². The molecule has 0 bridgehead atoms. The van der Waals surface area contributed by atoms with Crippen LogP contribution in [0.1, 0.15) is 32.1 Å². The third-order valence-electron chi connectivity index (χ3n) is 4.09. The summed E-state index contributed by atoms with van der Waals surface area (Å²) >= 11 is 1.63. The molecule has 0 spiro atoms. The number of carbonyl (C=O) groups is 1. The van der Waals surface area contributed by atoms with E-state index in [1.54, 1.807) is 11.3 Å². The maximum Gasteiger partial charge on any atom is 0.251 e. The molecule has 1 N–H and O–H groups in total. The molecule has 2 aromatic carbocycles. The van der Waals surface area contributed by atoms with Crippen LogP contribution >= 0.6 is 11.3 Å². The minimum atomic E-state index is -0.0489. The fraction of sp³-hybridized carbons (Fsp3) is 0.200. The van der Waals surface area contributed by atoms with Crippen molar-refractivity contribution in [2.24, 2.45) is 0 Å². The first-order valence-corrected chi connectivity index (χ1v) is 8.73. The maximum atomic E-state index is 12.3. The van der Waals surface area contributed by atoms with Gasteiger partial charge < -0.3 is 5.32 Å². The van der Waals surface area contributed by atoms with E-state index in [0.29, 0.717) is 12.1 Å². The summed E-state index contributed by atoms with van der Waals surface area (Å²) in [7, 11) is 0. The van der Waals surface area contributed by atoms with Crippen LogP contribution < -0.4 is 5.32 Å². The van der Waals surface area contributed by atoms with E-state index < -0.39 is 0 Å². The summed E-state index contributed by atoms with van der Waals surface area (Å²) < 4.78 is 0. The summed E-state index contributed by atoms with van der Waals surface area (Å²) in [4.78, 5) is 18.1. The highest BCUT2D eigenvalue weighted by Crippen LogP contribution is 2.27. The number of rotatable bonds is 4. The number of carbonyl (C=O) groups excluding carboxylic acids is 1. The Hall–Kier alpha value is -2.46. The smallest absolute Gasteiger partial charge is 0.251 e. The molecule has 1 amide bonds. The van der Waals surface area contributed by atoms with E-state index in [9.17, 15) is 4.79 Å². The molecule has 4 heteroatoms. The average molecular weight is 336 g/mol. The van der Waals surface area contributed by atoms with Crippen molar-refractivity contribution in [2.75, 3.05) is 0 Å². The number of aryl methyl sites for hydroxylation is 3. The van der Waals surface area contributed by atoms with E-state index >= 15 is 0 Å². The highest BCUT2D eigenvalue weighted by Gasteiger charge is 2.11. The van der Waals surface area contributed by atoms with Gasteiger partial charge in [-0.2, -0.15) is 0 Å². The summed E-state index contributed by atoms with van der Waals surface area (Å²) in [6.07, 6.45) is 0. The Morgan fingerprint density at radius 1 is 1.04 bits per heavy atom. The zero-order chi connectivity index (χ0) is 17.1. The van der Waals surface area contributed by atoms with Gasteiger partial charge in [-0.25, -0.2) is 4.98 Å². The molecular weight excluding hydrogens is 316 g/mol. The standard InChI is InChI=1S/C20H20N2OS/c1-13-9-10-17(11-14(13)2)19(23)21-12-18-15(3)22-20(24-18)16-7-5-4-6-8-16/h4-11H,12H2,1-3H3,(H,21,23). The fourth-order valence-corrected chi connectivity index (χ4v) is 3.45. The van der Waals surface area contributed by atoms with Crippen molar-refractivity contribution < 1.29 is 4.79 Å². The van der Waals surface area contributed by atoms with Crippen LogP contribution in [-0.2, 0) is 6.54 Å². The zero-order valence-electron chi connectivity index (χ0n) is 14.1. The number of aromatic nitrogens is 1. The van der Waals surface area contributed by atoms with Crippen molar-refractivity contribution in [3.05, 3.63) is 75.8 Å². The first-order valence-electron chi connectivity index (χ1n) is 7.92. The molecule has 24 heavy (non-hydrogen) atoms. The Balaban J connectivity index is 1.71. The Morgan fingerprint density at radius 3 is 2.50 bits per heavy atom. The Bertz CT molecular complexity index is 869. The number of benzene rings is 2. The summed E-state index contributed by atoms with van der Waals surface area (Å²) in [5, 5.41) is 3.99. The summed E-state index contributed by atoms with van der Waals surface area (Å²) in [5.41, 5.74) is 5.10. The lowest BCUT2D eigenvalue weighted by atomic mass is 10.1. The first kappa shape index (κ1) is 16.4. The second-order valence-electron chi connectivity index (χ2n) is 5.88. The van der Waals surface area contributed by atoms with E-state index in [4.69, 9.17) is 0 Å². The van der Waals surface area contributed by atoms with E-state index in [-0.39, 0.29) is 5.91 Å². The lowest BCUT2D eigenvalue weighted by Crippen LogP contribution is -2.22. The molecule has 0 saturated carbocycles. The van der Waals surface area contributed by atoms with Crippen LogP contribution in [0, 0.1) is 20.8 Å². The molecular formula is C20H20N2OS. The van der Waals surface area contributed by atoms with Gasteiger partial charge in [-0.05, 0) is 44.0 Å². The summed E-state index contributed by atoms with van der Waals surface area (Å²) in [5.74, 6) is -0.0489. The predicted molar refractivity (Wildman–Crippen MR) is 99.4 cm³/mol.